The average Bonchev–Trinajstić information content (AvgIpc) is 3.03. The second-order valence-electron chi connectivity index (χ2n) is 7.48. The molecule has 1 heterocycles. The topological polar surface area (TPSA) is 52.9 Å². The first-order valence-electron chi connectivity index (χ1n) is 9.55. The van der Waals surface area contributed by atoms with E-state index >= 15 is 0 Å². The van der Waals surface area contributed by atoms with Crippen LogP contribution < -0.4 is 0 Å². The zero-order valence-corrected chi connectivity index (χ0v) is 15.2. The number of halogens is 3. The summed E-state index contributed by atoms with van der Waals surface area (Å²) in [6.07, 6.45) is -0.129. The van der Waals surface area contributed by atoms with E-state index in [0.717, 1.165) is 29.8 Å². The fraction of sp³-hybridized carbons (Fsp3) is 0.600. The van der Waals surface area contributed by atoms with Crippen LogP contribution in [0.15, 0.2) is 35.4 Å². The Morgan fingerprint density at radius 1 is 1.19 bits per heavy atom. The Bertz CT molecular complexity index is 684. The van der Waals surface area contributed by atoms with Crippen LogP contribution in [0, 0.1) is 5.92 Å². The third-order valence-electron chi connectivity index (χ3n) is 5.54. The molecule has 1 aliphatic carbocycles. The fourth-order valence-electron chi connectivity index (χ4n) is 4.07. The molecule has 1 aromatic rings. The molecule has 1 unspecified atom stereocenters. The molecule has 1 atom stereocenters. The normalized spacial score (nSPS) is 24.1. The van der Waals surface area contributed by atoms with Gasteiger partial charge in [-0.25, -0.2) is 5.01 Å². The van der Waals surface area contributed by atoms with E-state index in [-0.39, 0.29) is 12.3 Å². The monoisotopic (exact) mass is 382 g/mol. The molecule has 1 aliphatic heterocycles. The third-order valence-corrected chi connectivity index (χ3v) is 5.54. The highest BCUT2D eigenvalue weighted by atomic mass is 19.4. The second-order valence-corrected chi connectivity index (χ2v) is 7.48. The molecule has 1 N–H and O–H groups in total. The van der Waals surface area contributed by atoms with Crippen molar-refractivity contribution in [2.24, 2.45) is 11.0 Å². The number of carbonyl (C=O) groups excluding carboxylic acids is 1. The molecule has 0 bridgehead atoms. The van der Waals surface area contributed by atoms with Gasteiger partial charge in [0, 0.05) is 18.8 Å². The molecule has 1 amide bonds. The minimum Gasteiger partial charge on any atom is -0.368 e. The molecule has 3 rings (SSSR count). The molecule has 2 aliphatic rings. The third kappa shape index (κ3) is 4.51. The number of aryl methyl sites for hydroxylation is 1. The maximum Gasteiger partial charge on any atom is 0.431 e. The number of aliphatic hydroxyl groups is 1. The highest BCUT2D eigenvalue weighted by Gasteiger charge is 2.55. The molecule has 1 saturated carbocycles. The Morgan fingerprint density at radius 2 is 1.85 bits per heavy atom. The first-order valence-corrected chi connectivity index (χ1v) is 9.55. The first kappa shape index (κ1) is 19.9. The van der Waals surface area contributed by atoms with Crippen LogP contribution >= 0.6 is 0 Å². The summed E-state index contributed by atoms with van der Waals surface area (Å²) in [5.41, 5.74) is -1.85. The van der Waals surface area contributed by atoms with Crippen molar-refractivity contribution < 1.29 is 23.1 Å². The minimum atomic E-state index is -4.64. The lowest BCUT2D eigenvalue weighted by atomic mass is 9.79. The summed E-state index contributed by atoms with van der Waals surface area (Å²) in [7, 11) is 0. The Hall–Kier alpha value is -1.89. The summed E-state index contributed by atoms with van der Waals surface area (Å²) in [4.78, 5) is 12.7. The molecular formula is C20H25F3N2O2. The Labute approximate surface area is 157 Å². The zero-order valence-electron chi connectivity index (χ0n) is 15.2. The molecule has 0 saturated heterocycles. The van der Waals surface area contributed by atoms with Crippen LogP contribution in [0.4, 0.5) is 13.2 Å². The van der Waals surface area contributed by atoms with E-state index < -0.39 is 29.9 Å². The molecule has 27 heavy (non-hydrogen) atoms. The fourth-order valence-corrected chi connectivity index (χ4v) is 4.07. The summed E-state index contributed by atoms with van der Waals surface area (Å²) in [6, 6.07) is 9.59. The van der Waals surface area contributed by atoms with Crippen LogP contribution in [0.5, 0.6) is 0 Å². The van der Waals surface area contributed by atoms with E-state index in [0.29, 0.717) is 25.7 Å². The highest BCUT2D eigenvalue weighted by Crippen LogP contribution is 2.43. The van der Waals surface area contributed by atoms with Crippen LogP contribution in [0.2, 0.25) is 0 Å². The minimum absolute atomic E-state index is 0.0541. The van der Waals surface area contributed by atoms with Crippen molar-refractivity contribution >= 4 is 11.6 Å². The van der Waals surface area contributed by atoms with Crippen molar-refractivity contribution in [3.63, 3.8) is 0 Å². The quantitative estimate of drug-likeness (QED) is 0.819. The number of hydrogen-bond donors (Lipinski definition) is 1. The molecule has 7 heteroatoms. The van der Waals surface area contributed by atoms with Gasteiger partial charge in [-0.15, -0.1) is 0 Å². The van der Waals surface area contributed by atoms with Crippen LogP contribution in [-0.4, -0.2) is 33.6 Å². The first-order chi connectivity index (χ1) is 12.8. The van der Waals surface area contributed by atoms with Gasteiger partial charge in [-0.2, -0.15) is 18.3 Å². The van der Waals surface area contributed by atoms with Crippen LogP contribution in [0.25, 0.3) is 0 Å². The van der Waals surface area contributed by atoms with Crippen LogP contribution in [0.3, 0.4) is 0 Å². The summed E-state index contributed by atoms with van der Waals surface area (Å²) in [5, 5.41) is 15.4. The van der Waals surface area contributed by atoms with Gasteiger partial charge in [0.25, 0.3) is 0 Å². The number of carbonyl (C=O) groups is 1. The van der Waals surface area contributed by atoms with Gasteiger partial charge in [0.15, 0.2) is 5.72 Å². The highest BCUT2D eigenvalue weighted by molar-refractivity contribution is 5.94. The van der Waals surface area contributed by atoms with Gasteiger partial charge in [-0.3, -0.25) is 4.79 Å². The van der Waals surface area contributed by atoms with Crippen molar-refractivity contribution in [3.8, 4) is 0 Å². The Morgan fingerprint density at radius 3 is 2.48 bits per heavy atom. The lowest BCUT2D eigenvalue weighted by Gasteiger charge is -2.40. The number of benzene rings is 1. The average molecular weight is 382 g/mol. The molecule has 0 radical (unpaired) electrons. The predicted molar refractivity (Wildman–Crippen MR) is 95.9 cm³/mol. The van der Waals surface area contributed by atoms with Gasteiger partial charge in [0.1, 0.15) is 5.71 Å². The van der Waals surface area contributed by atoms with Crippen molar-refractivity contribution in [2.45, 2.75) is 69.7 Å². The number of hydrogen-bond acceptors (Lipinski definition) is 3. The van der Waals surface area contributed by atoms with Gasteiger partial charge in [-0.05, 0) is 31.2 Å². The number of rotatable bonds is 5. The lowest BCUT2D eigenvalue weighted by molar-refractivity contribution is -0.171. The van der Waals surface area contributed by atoms with Crippen molar-refractivity contribution in [2.75, 3.05) is 0 Å². The smallest absolute Gasteiger partial charge is 0.368 e. The lowest BCUT2D eigenvalue weighted by Crippen LogP contribution is -2.52. The van der Waals surface area contributed by atoms with Gasteiger partial charge in [0.05, 0.1) is 0 Å². The Kier molecular flexibility index (Phi) is 5.89. The molecular weight excluding hydrogens is 357 g/mol. The van der Waals surface area contributed by atoms with Gasteiger partial charge in [0.2, 0.25) is 5.91 Å². The number of nitrogens with zero attached hydrogens (tertiary/aromatic N) is 2. The second kappa shape index (κ2) is 8.00. The molecule has 4 nitrogen and oxygen atoms in total. The van der Waals surface area contributed by atoms with Gasteiger partial charge >= 0.3 is 6.18 Å². The molecule has 148 valence electrons. The van der Waals surface area contributed by atoms with Gasteiger partial charge in [-0.1, -0.05) is 49.6 Å². The zero-order chi connectivity index (χ0) is 19.5. The summed E-state index contributed by atoms with van der Waals surface area (Å²) < 4.78 is 39.6. The van der Waals surface area contributed by atoms with Crippen molar-refractivity contribution in [1.82, 2.24) is 5.01 Å². The SMILES string of the molecule is O=C(CCCc1ccccc1)N1N=C(C(F)(F)F)CC1(O)C1CCCCC1. The van der Waals surface area contributed by atoms with E-state index in [1.807, 2.05) is 30.3 Å². The Balaban J connectivity index is 1.71. The van der Waals surface area contributed by atoms with E-state index in [1.165, 1.54) is 0 Å². The van der Waals surface area contributed by atoms with Gasteiger partial charge < -0.3 is 5.11 Å². The molecule has 0 spiro atoms. The number of hydrazone groups is 1. The van der Waals surface area contributed by atoms with E-state index in [2.05, 4.69) is 5.10 Å². The predicted octanol–water partition coefficient (Wildman–Crippen LogP) is 4.43. The maximum absolute atomic E-state index is 13.2. The molecule has 0 aromatic heterocycles. The number of alkyl halides is 3. The van der Waals surface area contributed by atoms with E-state index in [9.17, 15) is 23.1 Å². The summed E-state index contributed by atoms with van der Waals surface area (Å²) in [5.74, 6) is -0.911. The number of amides is 1. The largest absolute Gasteiger partial charge is 0.431 e. The van der Waals surface area contributed by atoms with Crippen molar-refractivity contribution in [1.29, 1.82) is 0 Å². The standard InChI is InChI=1S/C20H25F3N2O2/c21-20(22,23)17-14-19(27,16-11-5-2-6-12-16)25(24-17)18(26)13-7-10-15-8-3-1-4-9-15/h1,3-4,8-9,16,27H,2,5-7,10-14H2. The van der Waals surface area contributed by atoms with E-state index in [1.54, 1.807) is 0 Å². The summed E-state index contributed by atoms with van der Waals surface area (Å²) >= 11 is 0. The van der Waals surface area contributed by atoms with Crippen molar-refractivity contribution in [3.05, 3.63) is 35.9 Å². The summed E-state index contributed by atoms with van der Waals surface area (Å²) in [6.45, 7) is 0. The maximum atomic E-state index is 13.2. The van der Waals surface area contributed by atoms with Crippen LogP contribution in [0.1, 0.15) is 56.9 Å². The molecule has 1 fully saturated rings. The van der Waals surface area contributed by atoms with E-state index in [4.69, 9.17) is 0 Å². The van der Waals surface area contributed by atoms with Crippen LogP contribution in [-0.2, 0) is 11.2 Å². The molecule has 1 aromatic carbocycles.